The second kappa shape index (κ2) is 5.67. The average Bonchev–Trinajstić information content (AvgIpc) is 2.72. The molecule has 0 saturated carbocycles. The molecule has 1 aromatic heterocycles. The summed E-state index contributed by atoms with van der Waals surface area (Å²) >= 11 is 1.22. The molecule has 0 bridgehead atoms. The Bertz CT molecular complexity index is 413. The Morgan fingerprint density at radius 1 is 1.47 bits per heavy atom. The summed E-state index contributed by atoms with van der Waals surface area (Å²) in [7, 11) is 1.47. The van der Waals surface area contributed by atoms with Crippen LogP contribution < -0.4 is 10.1 Å². The zero-order valence-electron chi connectivity index (χ0n) is 9.89. The number of carboxylic acid groups (broad SMARTS) is 1. The molecule has 94 valence electrons. The van der Waals surface area contributed by atoms with Crippen LogP contribution in [0.5, 0.6) is 5.75 Å². The lowest BCUT2D eigenvalue weighted by molar-refractivity contribution is -0.140. The van der Waals surface area contributed by atoms with Gasteiger partial charge in [0.1, 0.15) is 16.7 Å². The molecule has 1 rings (SSSR count). The van der Waals surface area contributed by atoms with Gasteiger partial charge in [-0.25, -0.2) is 4.79 Å². The van der Waals surface area contributed by atoms with Crippen LogP contribution in [0.25, 0.3) is 0 Å². The monoisotopic (exact) mass is 257 g/mol. The predicted molar refractivity (Wildman–Crippen MR) is 64.6 cm³/mol. The third-order valence-electron chi connectivity index (χ3n) is 2.27. The van der Waals surface area contributed by atoms with Gasteiger partial charge in [-0.2, -0.15) is 0 Å². The van der Waals surface area contributed by atoms with Crippen molar-refractivity contribution in [2.75, 3.05) is 7.11 Å². The third kappa shape index (κ3) is 3.20. The fourth-order valence-electron chi connectivity index (χ4n) is 1.34. The van der Waals surface area contributed by atoms with Gasteiger partial charge in [-0.3, -0.25) is 4.79 Å². The Balaban J connectivity index is 2.81. The van der Waals surface area contributed by atoms with Gasteiger partial charge in [-0.1, -0.05) is 13.8 Å². The average molecular weight is 257 g/mol. The van der Waals surface area contributed by atoms with E-state index in [1.807, 2.05) is 0 Å². The molecule has 5 nitrogen and oxygen atoms in total. The summed E-state index contributed by atoms with van der Waals surface area (Å²) in [5.74, 6) is -1.18. The van der Waals surface area contributed by atoms with Crippen LogP contribution in [0.1, 0.15) is 23.5 Å². The lowest BCUT2D eigenvalue weighted by Crippen LogP contribution is -2.44. The van der Waals surface area contributed by atoms with Gasteiger partial charge >= 0.3 is 5.97 Å². The fourth-order valence-corrected chi connectivity index (χ4v) is 2.11. The third-order valence-corrected chi connectivity index (χ3v) is 3.17. The number of ether oxygens (including phenoxy) is 1. The summed E-state index contributed by atoms with van der Waals surface area (Å²) in [5.41, 5.74) is 0. The van der Waals surface area contributed by atoms with E-state index in [0.29, 0.717) is 10.6 Å². The van der Waals surface area contributed by atoms with Crippen LogP contribution in [0.2, 0.25) is 0 Å². The Morgan fingerprint density at radius 3 is 2.59 bits per heavy atom. The Hall–Kier alpha value is -1.56. The maximum Gasteiger partial charge on any atom is 0.326 e. The summed E-state index contributed by atoms with van der Waals surface area (Å²) in [5, 5.41) is 13.2. The molecule has 0 saturated heterocycles. The lowest BCUT2D eigenvalue weighted by atomic mass is 10.0. The molecular weight excluding hydrogens is 242 g/mol. The van der Waals surface area contributed by atoms with E-state index < -0.39 is 17.9 Å². The molecule has 0 unspecified atom stereocenters. The molecule has 17 heavy (non-hydrogen) atoms. The van der Waals surface area contributed by atoms with Gasteiger partial charge in [0.25, 0.3) is 5.91 Å². The van der Waals surface area contributed by atoms with Crippen molar-refractivity contribution in [3.8, 4) is 5.75 Å². The maximum absolute atomic E-state index is 11.9. The van der Waals surface area contributed by atoms with Gasteiger partial charge in [-0.05, 0) is 17.4 Å². The predicted octanol–water partition coefficient (Wildman–Crippen LogP) is 1.60. The van der Waals surface area contributed by atoms with E-state index in [-0.39, 0.29) is 5.92 Å². The number of hydrogen-bond donors (Lipinski definition) is 2. The molecule has 2 N–H and O–H groups in total. The van der Waals surface area contributed by atoms with Crippen LogP contribution >= 0.6 is 11.3 Å². The molecule has 0 aliphatic carbocycles. The van der Waals surface area contributed by atoms with Crippen molar-refractivity contribution >= 4 is 23.2 Å². The van der Waals surface area contributed by atoms with Gasteiger partial charge in [-0.15, -0.1) is 11.3 Å². The first-order valence-electron chi connectivity index (χ1n) is 5.12. The topological polar surface area (TPSA) is 75.6 Å². The number of carboxylic acids is 1. The van der Waals surface area contributed by atoms with Gasteiger partial charge in [0, 0.05) is 0 Å². The molecule has 1 aromatic rings. The molecule has 1 amide bonds. The summed E-state index contributed by atoms with van der Waals surface area (Å²) < 4.78 is 5.01. The summed E-state index contributed by atoms with van der Waals surface area (Å²) in [4.78, 5) is 23.2. The van der Waals surface area contributed by atoms with Crippen molar-refractivity contribution in [3.63, 3.8) is 0 Å². The zero-order chi connectivity index (χ0) is 13.0. The van der Waals surface area contributed by atoms with Crippen LogP contribution in [0.15, 0.2) is 11.4 Å². The number of carbonyl (C=O) groups is 2. The Kier molecular flexibility index (Phi) is 4.51. The van der Waals surface area contributed by atoms with Crippen molar-refractivity contribution in [1.82, 2.24) is 5.32 Å². The van der Waals surface area contributed by atoms with Crippen molar-refractivity contribution in [2.24, 2.45) is 5.92 Å². The van der Waals surface area contributed by atoms with Crippen LogP contribution in [0, 0.1) is 5.92 Å². The number of rotatable bonds is 5. The van der Waals surface area contributed by atoms with Gasteiger partial charge < -0.3 is 15.2 Å². The highest BCUT2D eigenvalue weighted by molar-refractivity contribution is 7.12. The van der Waals surface area contributed by atoms with E-state index in [1.54, 1.807) is 25.3 Å². The van der Waals surface area contributed by atoms with E-state index in [9.17, 15) is 9.59 Å². The minimum absolute atomic E-state index is 0.178. The first-order chi connectivity index (χ1) is 7.97. The van der Waals surface area contributed by atoms with Crippen LogP contribution in [-0.4, -0.2) is 30.1 Å². The largest absolute Gasteiger partial charge is 0.495 e. The fraction of sp³-hybridized carbons (Fsp3) is 0.455. The number of amides is 1. The molecule has 0 spiro atoms. The van der Waals surface area contributed by atoms with Gasteiger partial charge in [0.15, 0.2) is 0 Å². The van der Waals surface area contributed by atoms with E-state index in [4.69, 9.17) is 9.84 Å². The molecule has 0 fully saturated rings. The first-order valence-corrected chi connectivity index (χ1v) is 6.00. The number of methoxy groups -OCH3 is 1. The Morgan fingerprint density at radius 2 is 2.12 bits per heavy atom. The van der Waals surface area contributed by atoms with Crippen molar-refractivity contribution < 1.29 is 19.4 Å². The second-order valence-corrected chi connectivity index (χ2v) is 4.77. The smallest absolute Gasteiger partial charge is 0.326 e. The van der Waals surface area contributed by atoms with E-state index in [2.05, 4.69) is 5.32 Å². The number of thiophene rings is 1. The van der Waals surface area contributed by atoms with Gasteiger partial charge in [0.2, 0.25) is 0 Å². The van der Waals surface area contributed by atoms with Crippen LogP contribution in [0.4, 0.5) is 0 Å². The molecular formula is C11H15NO4S. The first kappa shape index (κ1) is 13.5. The van der Waals surface area contributed by atoms with Crippen LogP contribution in [0.3, 0.4) is 0 Å². The van der Waals surface area contributed by atoms with E-state index in [0.717, 1.165) is 0 Å². The molecule has 1 heterocycles. The molecule has 0 aliphatic heterocycles. The minimum atomic E-state index is -1.04. The second-order valence-electron chi connectivity index (χ2n) is 3.85. The standard InChI is InChI=1S/C11H15NO4S/c1-6(2)8(11(14)15)12-10(13)9-7(16-3)4-5-17-9/h4-6,8H,1-3H3,(H,12,13)(H,14,15)/t8-/m1/s1. The van der Waals surface area contributed by atoms with Crippen molar-refractivity contribution in [1.29, 1.82) is 0 Å². The van der Waals surface area contributed by atoms with E-state index in [1.165, 1.54) is 18.4 Å². The SMILES string of the molecule is COc1ccsc1C(=O)N[C@@H](C(=O)O)C(C)C. The summed E-state index contributed by atoms with van der Waals surface area (Å²) in [6.07, 6.45) is 0. The van der Waals surface area contributed by atoms with Crippen LogP contribution in [-0.2, 0) is 4.79 Å². The quantitative estimate of drug-likeness (QED) is 0.840. The van der Waals surface area contributed by atoms with E-state index >= 15 is 0 Å². The number of nitrogens with one attached hydrogen (secondary N) is 1. The highest BCUT2D eigenvalue weighted by Crippen LogP contribution is 2.24. The summed E-state index contributed by atoms with van der Waals surface area (Å²) in [6.45, 7) is 3.48. The van der Waals surface area contributed by atoms with Crippen molar-refractivity contribution in [2.45, 2.75) is 19.9 Å². The maximum atomic E-state index is 11.9. The zero-order valence-corrected chi connectivity index (χ0v) is 10.7. The highest BCUT2D eigenvalue weighted by atomic mass is 32.1. The molecule has 0 aromatic carbocycles. The molecule has 1 atom stereocenters. The number of hydrogen-bond acceptors (Lipinski definition) is 4. The molecule has 6 heteroatoms. The minimum Gasteiger partial charge on any atom is -0.495 e. The van der Waals surface area contributed by atoms with Gasteiger partial charge in [0.05, 0.1) is 7.11 Å². The molecule has 0 radical (unpaired) electrons. The Labute approximate surface area is 103 Å². The van der Waals surface area contributed by atoms with Crippen molar-refractivity contribution in [3.05, 3.63) is 16.3 Å². The number of aliphatic carboxylic acids is 1. The summed E-state index contributed by atoms with van der Waals surface area (Å²) in [6, 6.07) is 0.777. The molecule has 0 aliphatic rings. The highest BCUT2D eigenvalue weighted by Gasteiger charge is 2.25. The number of carbonyl (C=O) groups excluding carboxylic acids is 1. The lowest BCUT2D eigenvalue weighted by Gasteiger charge is -2.17. The normalized spacial score (nSPS) is 12.2.